The van der Waals surface area contributed by atoms with Crippen molar-refractivity contribution < 1.29 is 4.79 Å². The van der Waals surface area contributed by atoms with E-state index in [1.807, 2.05) is 6.20 Å². The first-order chi connectivity index (χ1) is 9.69. The highest BCUT2D eigenvalue weighted by Crippen LogP contribution is 2.21. The smallest absolute Gasteiger partial charge is 0.217 e. The summed E-state index contributed by atoms with van der Waals surface area (Å²) in [7, 11) is 0. The zero-order chi connectivity index (χ0) is 14.4. The standard InChI is InChI=1S/C15H24N4O/c1-3-7-16-15-11-14(4-8-17-15)19-9-5-13(6-10-19)18-12(2)20/h4,8,11,13H,3,5-7,9-10H2,1-2H3,(H,16,17)(H,18,20). The Morgan fingerprint density at radius 2 is 2.20 bits per heavy atom. The molecule has 20 heavy (non-hydrogen) atoms. The Balaban J connectivity index is 1.91. The Kier molecular flexibility index (Phi) is 5.21. The van der Waals surface area contributed by atoms with Crippen molar-refractivity contribution >= 4 is 17.4 Å². The van der Waals surface area contributed by atoms with Crippen LogP contribution < -0.4 is 15.5 Å². The zero-order valence-electron chi connectivity index (χ0n) is 12.4. The Morgan fingerprint density at radius 1 is 1.45 bits per heavy atom. The minimum atomic E-state index is 0.0680. The molecular formula is C15H24N4O. The highest BCUT2D eigenvalue weighted by atomic mass is 16.1. The van der Waals surface area contributed by atoms with E-state index in [4.69, 9.17) is 0 Å². The molecule has 1 amide bonds. The molecule has 1 aromatic rings. The molecule has 1 aliphatic heterocycles. The van der Waals surface area contributed by atoms with Gasteiger partial charge in [-0.2, -0.15) is 0 Å². The topological polar surface area (TPSA) is 57.3 Å². The van der Waals surface area contributed by atoms with Gasteiger partial charge in [0.1, 0.15) is 5.82 Å². The van der Waals surface area contributed by atoms with Crippen molar-refractivity contribution in [2.75, 3.05) is 29.9 Å². The predicted molar refractivity (Wildman–Crippen MR) is 82.1 cm³/mol. The molecule has 5 heteroatoms. The molecular weight excluding hydrogens is 252 g/mol. The van der Waals surface area contributed by atoms with Gasteiger partial charge in [-0.15, -0.1) is 0 Å². The number of nitrogens with one attached hydrogen (secondary N) is 2. The van der Waals surface area contributed by atoms with Gasteiger partial charge in [-0.3, -0.25) is 4.79 Å². The third-order valence-electron chi connectivity index (χ3n) is 3.57. The molecule has 1 fully saturated rings. The summed E-state index contributed by atoms with van der Waals surface area (Å²) < 4.78 is 0. The Bertz CT molecular complexity index is 441. The lowest BCUT2D eigenvalue weighted by molar-refractivity contribution is -0.119. The van der Waals surface area contributed by atoms with Crippen molar-refractivity contribution in [3.63, 3.8) is 0 Å². The molecule has 1 aliphatic rings. The number of aromatic nitrogens is 1. The lowest BCUT2D eigenvalue weighted by Gasteiger charge is -2.33. The van der Waals surface area contributed by atoms with Crippen LogP contribution in [0, 0.1) is 0 Å². The second-order valence-electron chi connectivity index (χ2n) is 5.29. The monoisotopic (exact) mass is 276 g/mol. The Labute approximate surface area is 120 Å². The molecule has 1 aromatic heterocycles. The first kappa shape index (κ1) is 14.6. The molecule has 0 aromatic carbocycles. The lowest BCUT2D eigenvalue weighted by atomic mass is 10.0. The number of hydrogen-bond acceptors (Lipinski definition) is 4. The fraction of sp³-hybridized carbons (Fsp3) is 0.600. The normalized spacial score (nSPS) is 16.0. The zero-order valence-corrected chi connectivity index (χ0v) is 12.4. The van der Waals surface area contributed by atoms with Gasteiger partial charge in [0.2, 0.25) is 5.91 Å². The van der Waals surface area contributed by atoms with E-state index in [0.717, 1.165) is 44.7 Å². The summed E-state index contributed by atoms with van der Waals surface area (Å²) in [6.45, 7) is 6.62. The first-order valence-electron chi connectivity index (χ1n) is 7.41. The van der Waals surface area contributed by atoms with Gasteiger partial charge in [0.15, 0.2) is 0 Å². The molecule has 110 valence electrons. The van der Waals surface area contributed by atoms with E-state index in [1.54, 1.807) is 6.92 Å². The fourth-order valence-electron chi connectivity index (χ4n) is 2.54. The van der Waals surface area contributed by atoms with E-state index < -0.39 is 0 Å². The summed E-state index contributed by atoms with van der Waals surface area (Å²) in [5.74, 6) is 1.01. The minimum Gasteiger partial charge on any atom is -0.371 e. The molecule has 2 N–H and O–H groups in total. The van der Waals surface area contributed by atoms with Gasteiger partial charge >= 0.3 is 0 Å². The molecule has 0 unspecified atom stereocenters. The van der Waals surface area contributed by atoms with Crippen LogP contribution in [-0.4, -0.2) is 36.6 Å². The summed E-state index contributed by atoms with van der Waals surface area (Å²) >= 11 is 0. The average molecular weight is 276 g/mol. The van der Waals surface area contributed by atoms with Crippen molar-refractivity contribution in [2.24, 2.45) is 0 Å². The Hall–Kier alpha value is -1.78. The van der Waals surface area contributed by atoms with E-state index in [2.05, 4.69) is 39.6 Å². The van der Waals surface area contributed by atoms with Gasteiger partial charge < -0.3 is 15.5 Å². The lowest BCUT2D eigenvalue weighted by Crippen LogP contribution is -2.44. The summed E-state index contributed by atoms with van der Waals surface area (Å²) in [4.78, 5) is 17.8. The highest BCUT2D eigenvalue weighted by molar-refractivity contribution is 5.73. The number of amides is 1. The number of piperidine rings is 1. The van der Waals surface area contributed by atoms with E-state index in [9.17, 15) is 4.79 Å². The maximum Gasteiger partial charge on any atom is 0.217 e. The molecule has 0 saturated carbocycles. The van der Waals surface area contributed by atoms with Crippen molar-refractivity contribution in [2.45, 2.75) is 39.2 Å². The number of hydrogen-bond donors (Lipinski definition) is 2. The van der Waals surface area contributed by atoms with E-state index >= 15 is 0 Å². The average Bonchev–Trinajstić information content (AvgIpc) is 2.45. The molecule has 1 saturated heterocycles. The SMILES string of the molecule is CCCNc1cc(N2CCC(NC(C)=O)CC2)ccn1. The van der Waals surface area contributed by atoms with Crippen LogP contribution in [0.2, 0.25) is 0 Å². The van der Waals surface area contributed by atoms with Crippen LogP contribution in [0.25, 0.3) is 0 Å². The molecule has 0 spiro atoms. The van der Waals surface area contributed by atoms with Crippen LogP contribution >= 0.6 is 0 Å². The number of nitrogens with zero attached hydrogens (tertiary/aromatic N) is 2. The van der Waals surface area contributed by atoms with E-state index in [0.29, 0.717) is 6.04 Å². The van der Waals surface area contributed by atoms with Crippen molar-refractivity contribution in [1.29, 1.82) is 0 Å². The maximum atomic E-state index is 11.1. The number of anilines is 2. The second kappa shape index (κ2) is 7.12. The molecule has 2 rings (SSSR count). The second-order valence-corrected chi connectivity index (χ2v) is 5.29. The third kappa shape index (κ3) is 4.11. The van der Waals surface area contributed by atoms with Gasteiger partial charge in [0.25, 0.3) is 0 Å². The maximum absolute atomic E-state index is 11.1. The quantitative estimate of drug-likeness (QED) is 0.864. The van der Waals surface area contributed by atoms with Crippen LogP contribution in [-0.2, 0) is 4.79 Å². The summed E-state index contributed by atoms with van der Waals surface area (Å²) in [5.41, 5.74) is 1.21. The van der Waals surface area contributed by atoms with Crippen molar-refractivity contribution in [1.82, 2.24) is 10.3 Å². The molecule has 0 bridgehead atoms. The molecule has 0 radical (unpaired) electrons. The summed E-state index contributed by atoms with van der Waals surface area (Å²) in [5, 5.41) is 6.32. The summed E-state index contributed by atoms with van der Waals surface area (Å²) in [6, 6.07) is 4.48. The van der Waals surface area contributed by atoms with Crippen LogP contribution in [0.15, 0.2) is 18.3 Å². The number of pyridine rings is 1. The molecule has 2 heterocycles. The van der Waals surface area contributed by atoms with Gasteiger partial charge in [0.05, 0.1) is 0 Å². The van der Waals surface area contributed by atoms with Crippen LogP contribution in [0.3, 0.4) is 0 Å². The first-order valence-corrected chi connectivity index (χ1v) is 7.41. The number of carbonyl (C=O) groups excluding carboxylic acids is 1. The van der Waals surface area contributed by atoms with E-state index in [-0.39, 0.29) is 5.91 Å². The van der Waals surface area contributed by atoms with Crippen LogP contribution in [0.1, 0.15) is 33.1 Å². The molecule has 5 nitrogen and oxygen atoms in total. The predicted octanol–water partition coefficient (Wildman–Crippen LogP) is 2.01. The van der Waals surface area contributed by atoms with Crippen LogP contribution in [0.5, 0.6) is 0 Å². The largest absolute Gasteiger partial charge is 0.371 e. The van der Waals surface area contributed by atoms with Crippen molar-refractivity contribution in [3.8, 4) is 0 Å². The van der Waals surface area contributed by atoms with Gasteiger partial charge in [-0.1, -0.05) is 6.92 Å². The molecule has 0 aliphatic carbocycles. The number of carbonyl (C=O) groups is 1. The van der Waals surface area contributed by atoms with Crippen LogP contribution in [0.4, 0.5) is 11.5 Å². The van der Waals surface area contributed by atoms with Gasteiger partial charge in [-0.25, -0.2) is 4.98 Å². The third-order valence-corrected chi connectivity index (χ3v) is 3.57. The number of rotatable bonds is 5. The van der Waals surface area contributed by atoms with E-state index in [1.165, 1.54) is 5.69 Å². The van der Waals surface area contributed by atoms with Gasteiger partial charge in [-0.05, 0) is 25.3 Å². The minimum absolute atomic E-state index is 0.0680. The highest BCUT2D eigenvalue weighted by Gasteiger charge is 2.20. The Morgan fingerprint density at radius 3 is 2.85 bits per heavy atom. The fourth-order valence-corrected chi connectivity index (χ4v) is 2.54. The van der Waals surface area contributed by atoms with Crippen molar-refractivity contribution in [3.05, 3.63) is 18.3 Å². The molecule has 0 atom stereocenters. The van der Waals surface area contributed by atoms with Gasteiger partial charge in [0, 0.05) is 50.6 Å². The summed E-state index contributed by atoms with van der Waals surface area (Å²) in [6.07, 6.45) is 4.94.